The molecule has 0 saturated carbocycles. The fraction of sp³-hybridized carbons (Fsp3) is 0.417. The molecule has 0 aliphatic rings. The van der Waals surface area contributed by atoms with E-state index in [2.05, 4.69) is 20.9 Å². The molecule has 0 aliphatic heterocycles. The van der Waals surface area contributed by atoms with Crippen molar-refractivity contribution in [2.24, 2.45) is 0 Å². The number of halogens is 1. The first-order valence-electron chi connectivity index (χ1n) is 5.70. The average Bonchev–Trinajstić information content (AvgIpc) is 2.35. The van der Waals surface area contributed by atoms with Crippen LogP contribution in [0.2, 0.25) is 0 Å². The van der Waals surface area contributed by atoms with Gasteiger partial charge in [-0.05, 0) is 28.9 Å². The third-order valence-electron chi connectivity index (χ3n) is 2.57. The highest BCUT2D eigenvalue weighted by Crippen LogP contribution is 2.21. The number of aromatic nitrogens is 1. The second-order valence-electron chi connectivity index (χ2n) is 4.13. The number of likely N-dealkylation sites (N-methyl/N-ethyl adjacent to an activating group) is 2. The highest BCUT2D eigenvalue weighted by molar-refractivity contribution is 9.10. The summed E-state index contributed by atoms with van der Waals surface area (Å²) in [4.78, 5) is 30.2. The number of rotatable bonds is 5. The van der Waals surface area contributed by atoms with Gasteiger partial charge in [0, 0.05) is 31.3 Å². The van der Waals surface area contributed by atoms with Gasteiger partial charge in [-0.25, -0.2) is 9.78 Å². The number of carbonyl (C=O) groups is 2. The lowest BCUT2D eigenvalue weighted by atomic mass is 10.2. The first-order chi connectivity index (χ1) is 8.86. The molecule has 0 saturated heterocycles. The molecule has 7 heteroatoms. The van der Waals surface area contributed by atoms with Crippen molar-refractivity contribution in [2.75, 3.05) is 32.1 Å². The summed E-state index contributed by atoms with van der Waals surface area (Å²) >= 11 is 3.19. The van der Waals surface area contributed by atoms with Gasteiger partial charge in [0.05, 0.1) is 6.54 Å². The molecule has 0 radical (unpaired) electrons. The van der Waals surface area contributed by atoms with Gasteiger partial charge in [0.1, 0.15) is 11.4 Å². The Bertz CT molecular complexity index is 491. The number of carboxylic acid groups (broad SMARTS) is 1. The SMILES string of the molecule is CCN(CC(=O)N(C)C)c1ncc(Br)cc1C(=O)O. The maximum Gasteiger partial charge on any atom is 0.339 e. The zero-order valence-corrected chi connectivity index (χ0v) is 12.6. The van der Waals surface area contributed by atoms with E-state index < -0.39 is 5.97 Å². The van der Waals surface area contributed by atoms with Crippen LogP contribution < -0.4 is 4.90 Å². The van der Waals surface area contributed by atoms with Crippen LogP contribution in [-0.2, 0) is 4.79 Å². The molecule has 1 amide bonds. The van der Waals surface area contributed by atoms with E-state index >= 15 is 0 Å². The Morgan fingerprint density at radius 2 is 2.05 bits per heavy atom. The van der Waals surface area contributed by atoms with Crippen molar-refractivity contribution in [2.45, 2.75) is 6.92 Å². The van der Waals surface area contributed by atoms with Crippen molar-refractivity contribution >= 4 is 33.6 Å². The molecule has 1 aromatic heterocycles. The number of amides is 1. The normalized spacial score (nSPS) is 10.1. The van der Waals surface area contributed by atoms with Crippen LogP contribution in [0.4, 0.5) is 5.82 Å². The van der Waals surface area contributed by atoms with Crippen LogP contribution in [0, 0.1) is 0 Å². The zero-order chi connectivity index (χ0) is 14.6. The number of carboxylic acids is 1. The van der Waals surface area contributed by atoms with Crippen molar-refractivity contribution < 1.29 is 14.7 Å². The lowest BCUT2D eigenvalue weighted by molar-refractivity contribution is -0.127. The van der Waals surface area contributed by atoms with E-state index in [1.165, 1.54) is 17.2 Å². The van der Waals surface area contributed by atoms with E-state index in [9.17, 15) is 14.7 Å². The molecule has 6 nitrogen and oxygen atoms in total. The molecule has 1 aromatic rings. The summed E-state index contributed by atoms with van der Waals surface area (Å²) in [6, 6.07) is 1.48. The molecule has 1 N–H and O–H groups in total. The second-order valence-corrected chi connectivity index (χ2v) is 5.05. The predicted molar refractivity (Wildman–Crippen MR) is 75.5 cm³/mol. The van der Waals surface area contributed by atoms with Crippen molar-refractivity contribution in [1.29, 1.82) is 0 Å². The lowest BCUT2D eigenvalue weighted by Gasteiger charge is -2.24. The van der Waals surface area contributed by atoms with E-state index in [4.69, 9.17) is 0 Å². The van der Waals surface area contributed by atoms with Crippen LogP contribution >= 0.6 is 15.9 Å². The topological polar surface area (TPSA) is 73.7 Å². The van der Waals surface area contributed by atoms with E-state index in [1.54, 1.807) is 19.0 Å². The van der Waals surface area contributed by atoms with Crippen molar-refractivity contribution in [3.63, 3.8) is 0 Å². The molecule has 0 spiro atoms. The highest BCUT2D eigenvalue weighted by atomic mass is 79.9. The highest BCUT2D eigenvalue weighted by Gasteiger charge is 2.19. The van der Waals surface area contributed by atoms with Gasteiger partial charge in [-0.15, -0.1) is 0 Å². The zero-order valence-electron chi connectivity index (χ0n) is 11.1. The van der Waals surface area contributed by atoms with Gasteiger partial charge in [-0.1, -0.05) is 0 Å². The van der Waals surface area contributed by atoms with Crippen LogP contribution in [0.25, 0.3) is 0 Å². The summed E-state index contributed by atoms with van der Waals surface area (Å²) in [7, 11) is 3.31. The minimum atomic E-state index is -1.07. The van der Waals surface area contributed by atoms with Crippen LogP contribution in [-0.4, -0.2) is 54.1 Å². The number of hydrogen-bond donors (Lipinski definition) is 1. The fourth-order valence-electron chi connectivity index (χ4n) is 1.48. The van der Waals surface area contributed by atoms with Crippen LogP contribution in [0.1, 0.15) is 17.3 Å². The van der Waals surface area contributed by atoms with Gasteiger partial charge in [-0.3, -0.25) is 4.79 Å². The van der Waals surface area contributed by atoms with E-state index in [0.717, 1.165) is 0 Å². The molecule has 1 heterocycles. The van der Waals surface area contributed by atoms with Gasteiger partial charge in [0.2, 0.25) is 5.91 Å². The average molecular weight is 330 g/mol. The maximum absolute atomic E-state index is 11.7. The molecular formula is C12H16BrN3O3. The Morgan fingerprint density at radius 1 is 1.42 bits per heavy atom. The predicted octanol–water partition coefficient (Wildman–Crippen LogP) is 1.46. The van der Waals surface area contributed by atoms with Crippen LogP contribution in [0.5, 0.6) is 0 Å². The quantitative estimate of drug-likeness (QED) is 0.885. The van der Waals surface area contributed by atoms with Crippen molar-refractivity contribution in [1.82, 2.24) is 9.88 Å². The Morgan fingerprint density at radius 3 is 2.53 bits per heavy atom. The summed E-state index contributed by atoms with van der Waals surface area (Å²) in [5.41, 5.74) is 0.0720. The molecule has 0 bridgehead atoms. The molecule has 0 unspecified atom stereocenters. The summed E-state index contributed by atoms with van der Waals surface area (Å²) in [6.07, 6.45) is 1.52. The number of nitrogens with zero attached hydrogens (tertiary/aromatic N) is 3. The second kappa shape index (κ2) is 6.51. The molecule has 1 rings (SSSR count). The number of pyridine rings is 1. The van der Waals surface area contributed by atoms with E-state index in [-0.39, 0.29) is 18.0 Å². The Kier molecular flexibility index (Phi) is 5.29. The van der Waals surface area contributed by atoms with Crippen LogP contribution in [0.3, 0.4) is 0 Å². The van der Waals surface area contributed by atoms with E-state index in [0.29, 0.717) is 16.8 Å². The molecular weight excluding hydrogens is 314 g/mol. The van der Waals surface area contributed by atoms with Gasteiger partial charge in [0.15, 0.2) is 0 Å². The van der Waals surface area contributed by atoms with Crippen molar-refractivity contribution in [3.05, 3.63) is 22.3 Å². The Balaban J connectivity index is 3.11. The standard InChI is InChI=1S/C12H16BrN3O3/c1-4-16(7-10(17)15(2)3)11-9(12(18)19)5-8(13)6-14-11/h5-6H,4,7H2,1-3H3,(H,18,19). The Hall–Kier alpha value is -1.63. The number of anilines is 1. The number of carbonyl (C=O) groups excluding carboxylic acids is 1. The third-order valence-corrected chi connectivity index (χ3v) is 3.00. The lowest BCUT2D eigenvalue weighted by Crippen LogP contribution is -2.37. The molecule has 0 aliphatic carbocycles. The minimum absolute atomic E-state index is 0.0720. The minimum Gasteiger partial charge on any atom is -0.478 e. The summed E-state index contributed by atoms with van der Waals surface area (Å²) in [5.74, 6) is -0.879. The summed E-state index contributed by atoms with van der Waals surface area (Å²) < 4.78 is 0.587. The van der Waals surface area contributed by atoms with Gasteiger partial charge in [0.25, 0.3) is 0 Å². The maximum atomic E-state index is 11.7. The van der Waals surface area contributed by atoms with Gasteiger partial charge >= 0.3 is 5.97 Å². The monoisotopic (exact) mass is 329 g/mol. The third kappa shape index (κ3) is 3.92. The number of hydrogen-bond acceptors (Lipinski definition) is 4. The molecule has 0 fully saturated rings. The first-order valence-corrected chi connectivity index (χ1v) is 6.50. The van der Waals surface area contributed by atoms with Gasteiger partial charge < -0.3 is 14.9 Å². The first kappa shape index (κ1) is 15.4. The van der Waals surface area contributed by atoms with Gasteiger partial charge in [-0.2, -0.15) is 0 Å². The largest absolute Gasteiger partial charge is 0.478 e. The van der Waals surface area contributed by atoms with Crippen molar-refractivity contribution in [3.8, 4) is 0 Å². The van der Waals surface area contributed by atoms with Crippen LogP contribution in [0.15, 0.2) is 16.7 Å². The molecule has 0 atom stereocenters. The summed E-state index contributed by atoms with van der Waals surface area (Å²) in [6.45, 7) is 2.44. The fourth-order valence-corrected chi connectivity index (χ4v) is 1.81. The van der Waals surface area contributed by atoms with E-state index in [1.807, 2.05) is 6.92 Å². The molecule has 104 valence electrons. The molecule has 0 aromatic carbocycles. The molecule has 19 heavy (non-hydrogen) atoms. The number of aromatic carboxylic acids is 1. The smallest absolute Gasteiger partial charge is 0.339 e. The summed E-state index contributed by atoms with van der Waals surface area (Å²) in [5, 5.41) is 9.19. The Labute approximate surface area is 120 Å².